The van der Waals surface area contributed by atoms with E-state index in [1.807, 2.05) is 37.6 Å². The molecule has 0 aliphatic carbocycles. The van der Waals surface area contributed by atoms with Crippen LogP contribution >= 0.6 is 11.6 Å². The molecule has 1 heterocycles. The van der Waals surface area contributed by atoms with E-state index in [-0.39, 0.29) is 12.1 Å². The first kappa shape index (κ1) is 14.2. The molecule has 19 heavy (non-hydrogen) atoms. The van der Waals surface area contributed by atoms with Crippen molar-refractivity contribution in [3.63, 3.8) is 0 Å². The SMILES string of the molecule is CNC(C1=COCCC1)C(C)Oc1cccc(Cl)c1. The van der Waals surface area contributed by atoms with E-state index >= 15 is 0 Å². The molecule has 0 amide bonds. The van der Waals surface area contributed by atoms with Crippen molar-refractivity contribution in [2.45, 2.75) is 31.9 Å². The predicted molar refractivity (Wildman–Crippen MR) is 77.7 cm³/mol. The van der Waals surface area contributed by atoms with Crippen LogP contribution in [0, 0.1) is 0 Å². The summed E-state index contributed by atoms with van der Waals surface area (Å²) in [6.45, 7) is 2.86. The van der Waals surface area contributed by atoms with Gasteiger partial charge >= 0.3 is 0 Å². The van der Waals surface area contributed by atoms with Crippen molar-refractivity contribution < 1.29 is 9.47 Å². The lowest BCUT2D eigenvalue weighted by molar-refractivity contribution is 0.170. The molecule has 2 unspecified atom stereocenters. The molecule has 3 nitrogen and oxygen atoms in total. The highest BCUT2D eigenvalue weighted by atomic mass is 35.5. The minimum atomic E-state index is 0.0106. The fourth-order valence-corrected chi connectivity index (χ4v) is 2.54. The van der Waals surface area contributed by atoms with E-state index in [9.17, 15) is 0 Å². The van der Waals surface area contributed by atoms with E-state index in [0.717, 1.165) is 25.2 Å². The highest BCUT2D eigenvalue weighted by Gasteiger charge is 2.23. The molecule has 1 aliphatic heterocycles. The molecule has 1 N–H and O–H groups in total. The van der Waals surface area contributed by atoms with Crippen molar-refractivity contribution >= 4 is 11.6 Å². The summed E-state index contributed by atoms with van der Waals surface area (Å²) < 4.78 is 11.4. The zero-order chi connectivity index (χ0) is 13.7. The fourth-order valence-electron chi connectivity index (χ4n) is 2.36. The van der Waals surface area contributed by atoms with Gasteiger partial charge in [-0.05, 0) is 50.6 Å². The average Bonchev–Trinajstić information content (AvgIpc) is 2.41. The number of halogens is 1. The number of hydrogen-bond donors (Lipinski definition) is 1. The van der Waals surface area contributed by atoms with Gasteiger partial charge in [-0.15, -0.1) is 0 Å². The van der Waals surface area contributed by atoms with Crippen LogP contribution in [0.15, 0.2) is 36.1 Å². The van der Waals surface area contributed by atoms with Crippen molar-refractivity contribution in [2.24, 2.45) is 0 Å². The van der Waals surface area contributed by atoms with Crippen LogP contribution in [-0.2, 0) is 4.74 Å². The molecule has 1 aromatic carbocycles. The zero-order valence-corrected chi connectivity index (χ0v) is 12.1. The van der Waals surface area contributed by atoms with Gasteiger partial charge in [-0.25, -0.2) is 0 Å². The normalized spacial score (nSPS) is 18.2. The third-order valence-corrected chi connectivity index (χ3v) is 3.50. The Hall–Kier alpha value is -1.19. The Morgan fingerprint density at radius 1 is 1.42 bits per heavy atom. The Bertz CT molecular complexity index is 448. The molecule has 1 aliphatic rings. The zero-order valence-electron chi connectivity index (χ0n) is 11.4. The first-order valence-electron chi connectivity index (χ1n) is 6.60. The Morgan fingerprint density at radius 3 is 2.89 bits per heavy atom. The molecule has 1 aromatic rings. The minimum Gasteiger partial charge on any atom is -0.501 e. The van der Waals surface area contributed by atoms with Crippen molar-refractivity contribution in [1.82, 2.24) is 5.32 Å². The first-order valence-corrected chi connectivity index (χ1v) is 6.98. The lowest BCUT2D eigenvalue weighted by atomic mass is 9.98. The summed E-state index contributed by atoms with van der Waals surface area (Å²) in [7, 11) is 1.94. The number of rotatable bonds is 5. The average molecular weight is 282 g/mol. The lowest BCUT2D eigenvalue weighted by Crippen LogP contribution is -2.41. The highest BCUT2D eigenvalue weighted by Crippen LogP contribution is 2.23. The van der Waals surface area contributed by atoms with E-state index in [1.165, 1.54) is 5.57 Å². The van der Waals surface area contributed by atoms with Crippen LogP contribution in [0.5, 0.6) is 5.75 Å². The molecule has 0 saturated heterocycles. The molecule has 4 heteroatoms. The third kappa shape index (κ3) is 3.88. The largest absolute Gasteiger partial charge is 0.501 e. The molecule has 0 radical (unpaired) electrons. The summed E-state index contributed by atoms with van der Waals surface area (Å²) in [5.74, 6) is 0.789. The standard InChI is InChI=1S/C15H20ClNO2/c1-11(19-14-7-3-6-13(16)9-14)15(17-2)12-5-4-8-18-10-12/h3,6-7,9-11,15,17H,4-5,8H2,1-2H3. The summed E-state index contributed by atoms with van der Waals surface area (Å²) in [4.78, 5) is 0. The van der Waals surface area contributed by atoms with E-state index in [4.69, 9.17) is 21.1 Å². The maximum absolute atomic E-state index is 5.96. The molecule has 0 bridgehead atoms. The van der Waals surface area contributed by atoms with Crippen molar-refractivity contribution in [1.29, 1.82) is 0 Å². The Labute approximate surface area is 119 Å². The third-order valence-electron chi connectivity index (χ3n) is 3.26. The monoisotopic (exact) mass is 281 g/mol. The van der Waals surface area contributed by atoms with Gasteiger partial charge in [-0.3, -0.25) is 0 Å². The van der Waals surface area contributed by atoms with Gasteiger partial charge < -0.3 is 14.8 Å². The van der Waals surface area contributed by atoms with E-state index in [0.29, 0.717) is 5.02 Å². The molecule has 2 atom stereocenters. The second kappa shape index (κ2) is 6.83. The van der Waals surface area contributed by atoms with Crippen LogP contribution in [0.3, 0.4) is 0 Å². The molecule has 0 fully saturated rings. The number of benzene rings is 1. The maximum atomic E-state index is 5.96. The van der Waals surface area contributed by atoms with Gasteiger partial charge in [0.15, 0.2) is 0 Å². The number of likely N-dealkylation sites (N-methyl/N-ethyl adjacent to an activating group) is 1. The number of hydrogen-bond acceptors (Lipinski definition) is 3. The predicted octanol–water partition coefficient (Wildman–Crippen LogP) is 3.39. The first-order chi connectivity index (χ1) is 9.20. The maximum Gasteiger partial charge on any atom is 0.121 e. The Balaban J connectivity index is 2.04. The summed E-state index contributed by atoms with van der Waals surface area (Å²) in [5.41, 5.74) is 1.25. The number of ether oxygens (including phenoxy) is 2. The molecular weight excluding hydrogens is 262 g/mol. The van der Waals surface area contributed by atoms with E-state index in [2.05, 4.69) is 12.2 Å². The topological polar surface area (TPSA) is 30.5 Å². The van der Waals surface area contributed by atoms with Gasteiger partial charge in [-0.2, -0.15) is 0 Å². The molecule has 0 saturated carbocycles. The molecular formula is C15H20ClNO2. The van der Waals surface area contributed by atoms with Crippen LogP contribution < -0.4 is 10.1 Å². The summed E-state index contributed by atoms with van der Waals surface area (Å²) in [6.07, 6.45) is 3.99. The second-order valence-electron chi connectivity index (χ2n) is 4.71. The van der Waals surface area contributed by atoms with Crippen LogP contribution in [0.4, 0.5) is 0 Å². The summed E-state index contributed by atoms with van der Waals surface area (Å²) >= 11 is 5.96. The van der Waals surface area contributed by atoms with Gasteiger partial charge in [0.05, 0.1) is 18.9 Å². The highest BCUT2D eigenvalue weighted by molar-refractivity contribution is 6.30. The van der Waals surface area contributed by atoms with Crippen molar-refractivity contribution in [3.8, 4) is 5.75 Å². The minimum absolute atomic E-state index is 0.0106. The van der Waals surface area contributed by atoms with Crippen LogP contribution in [-0.4, -0.2) is 25.8 Å². The summed E-state index contributed by atoms with van der Waals surface area (Å²) in [6, 6.07) is 7.63. The smallest absolute Gasteiger partial charge is 0.121 e. The van der Waals surface area contributed by atoms with Crippen LogP contribution in [0.25, 0.3) is 0 Å². The van der Waals surface area contributed by atoms with Gasteiger partial charge in [0, 0.05) is 5.02 Å². The van der Waals surface area contributed by atoms with E-state index < -0.39 is 0 Å². The summed E-state index contributed by atoms with van der Waals surface area (Å²) in [5, 5.41) is 3.99. The van der Waals surface area contributed by atoms with Gasteiger partial charge in [0.2, 0.25) is 0 Å². The van der Waals surface area contributed by atoms with Crippen molar-refractivity contribution in [3.05, 3.63) is 41.1 Å². The van der Waals surface area contributed by atoms with Gasteiger partial charge in [0.25, 0.3) is 0 Å². The van der Waals surface area contributed by atoms with Gasteiger partial charge in [0.1, 0.15) is 11.9 Å². The molecule has 0 aromatic heterocycles. The van der Waals surface area contributed by atoms with Crippen LogP contribution in [0.2, 0.25) is 5.02 Å². The van der Waals surface area contributed by atoms with E-state index in [1.54, 1.807) is 0 Å². The molecule has 2 rings (SSSR count). The molecule has 104 valence electrons. The Morgan fingerprint density at radius 2 is 2.26 bits per heavy atom. The van der Waals surface area contributed by atoms with Crippen LogP contribution in [0.1, 0.15) is 19.8 Å². The number of nitrogens with one attached hydrogen (secondary N) is 1. The van der Waals surface area contributed by atoms with Gasteiger partial charge in [-0.1, -0.05) is 17.7 Å². The Kier molecular flexibility index (Phi) is 5.11. The second-order valence-corrected chi connectivity index (χ2v) is 5.15. The lowest BCUT2D eigenvalue weighted by Gasteiger charge is -2.28. The van der Waals surface area contributed by atoms with Crippen molar-refractivity contribution in [2.75, 3.05) is 13.7 Å². The molecule has 0 spiro atoms. The quantitative estimate of drug-likeness (QED) is 0.897. The fraction of sp³-hybridized carbons (Fsp3) is 0.467.